The molecular formula is C15H13ClN4OS. The van der Waals surface area contributed by atoms with Crippen LogP contribution in [0.25, 0.3) is 11.3 Å². The van der Waals surface area contributed by atoms with Gasteiger partial charge >= 0.3 is 0 Å². The summed E-state index contributed by atoms with van der Waals surface area (Å²) in [4.78, 5) is 0.983. The van der Waals surface area contributed by atoms with Crippen molar-refractivity contribution in [2.75, 3.05) is 7.11 Å². The highest BCUT2D eigenvalue weighted by Crippen LogP contribution is 2.19. The first kappa shape index (κ1) is 14.7. The van der Waals surface area contributed by atoms with Gasteiger partial charge in [-0.3, -0.25) is 5.41 Å². The number of benzene rings is 1. The van der Waals surface area contributed by atoms with E-state index < -0.39 is 0 Å². The number of methoxy groups -OCH3 is 1. The zero-order valence-corrected chi connectivity index (χ0v) is 13.4. The molecular weight excluding hydrogens is 320 g/mol. The molecule has 3 rings (SSSR count). The molecule has 5 nitrogen and oxygen atoms in total. The van der Waals surface area contributed by atoms with Gasteiger partial charge in [-0.15, -0.1) is 0 Å². The number of halogens is 1. The zero-order valence-electron chi connectivity index (χ0n) is 11.8. The van der Waals surface area contributed by atoms with E-state index in [0.29, 0.717) is 22.9 Å². The van der Waals surface area contributed by atoms with E-state index in [4.69, 9.17) is 21.7 Å². The standard InChI is InChI=1S/C15H13ClN4OS/c1-21-15-8-12(22-19-15)9-20-14(17)7-6-13(18-20)10-2-4-11(16)5-3-10/h2-8,17H,9H2,1H3. The molecule has 0 fully saturated rings. The lowest BCUT2D eigenvalue weighted by Crippen LogP contribution is -2.22. The Balaban J connectivity index is 1.92. The van der Waals surface area contributed by atoms with Gasteiger partial charge in [0.2, 0.25) is 5.88 Å². The molecule has 0 saturated heterocycles. The highest BCUT2D eigenvalue weighted by Gasteiger charge is 2.06. The summed E-state index contributed by atoms with van der Waals surface area (Å²) in [5.74, 6) is 0.584. The van der Waals surface area contributed by atoms with Gasteiger partial charge in [-0.2, -0.15) is 9.47 Å². The third kappa shape index (κ3) is 3.18. The average Bonchev–Trinajstić information content (AvgIpc) is 2.98. The van der Waals surface area contributed by atoms with Gasteiger partial charge in [0, 0.05) is 16.7 Å². The van der Waals surface area contributed by atoms with Crippen LogP contribution < -0.4 is 10.2 Å². The quantitative estimate of drug-likeness (QED) is 0.798. The van der Waals surface area contributed by atoms with Crippen LogP contribution in [0.2, 0.25) is 5.02 Å². The number of nitrogens with zero attached hydrogens (tertiary/aromatic N) is 3. The number of ether oxygens (including phenoxy) is 1. The predicted molar refractivity (Wildman–Crippen MR) is 86.3 cm³/mol. The minimum atomic E-state index is 0.338. The number of aromatic nitrogens is 3. The third-order valence-corrected chi connectivity index (χ3v) is 4.10. The molecule has 0 radical (unpaired) electrons. The number of hydrogen-bond acceptors (Lipinski definition) is 5. The SMILES string of the molecule is COc1cc(Cn2nc(-c3ccc(Cl)cc3)ccc2=N)sn1. The van der Waals surface area contributed by atoms with Crippen LogP contribution in [0.15, 0.2) is 42.5 Å². The Morgan fingerprint density at radius 2 is 2.00 bits per heavy atom. The maximum Gasteiger partial charge on any atom is 0.225 e. The predicted octanol–water partition coefficient (Wildman–Crippen LogP) is 3.20. The molecule has 0 bridgehead atoms. The van der Waals surface area contributed by atoms with Gasteiger partial charge in [-0.25, -0.2) is 4.68 Å². The van der Waals surface area contributed by atoms with Crippen molar-refractivity contribution in [2.45, 2.75) is 6.54 Å². The lowest BCUT2D eigenvalue weighted by atomic mass is 10.1. The summed E-state index contributed by atoms with van der Waals surface area (Å²) >= 11 is 7.25. The van der Waals surface area contributed by atoms with Crippen molar-refractivity contribution < 1.29 is 4.74 Å². The fourth-order valence-electron chi connectivity index (χ4n) is 1.97. The van der Waals surface area contributed by atoms with Crippen LogP contribution in [0.3, 0.4) is 0 Å². The smallest absolute Gasteiger partial charge is 0.225 e. The van der Waals surface area contributed by atoms with E-state index in [-0.39, 0.29) is 0 Å². The van der Waals surface area contributed by atoms with Crippen molar-refractivity contribution in [2.24, 2.45) is 0 Å². The molecule has 3 aromatic rings. The molecule has 0 aliphatic heterocycles. The zero-order chi connectivity index (χ0) is 15.5. The van der Waals surface area contributed by atoms with Gasteiger partial charge in [0.25, 0.3) is 0 Å². The largest absolute Gasteiger partial charge is 0.480 e. The summed E-state index contributed by atoms with van der Waals surface area (Å²) in [6.07, 6.45) is 0. The van der Waals surface area contributed by atoms with Gasteiger partial charge in [0.1, 0.15) is 5.49 Å². The van der Waals surface area contributed by atoms with E-state index in [0.717, 1.165) is 16.1 Å². The molecule has 0 spiro atoms. The second-order valence-corrected chi connectivity index (χ2v) is 5.93. The second kappa shape index (κ2) is 6.29. The number of nitrogens with one attached hydrogen (secondary N) is 1. The molecule has 0 atom stereocenters. The van der Waals surface area contributed by atoms with Gasteiger partial charge in [0.05, 0.1) is 24.2 Å². The first-order chi connectivity index (χ1) is 10.7. The highest BCUT2D eigenvalue weighted by atomic mass is 35.5. The van der Waals surface area contributed by atoms with Crippen LogP contribution in [0, 0.1) is 5.41 Å². The minimum Gasteiger partial charge on any atom is -0.480 e. The fraction of sp³-hybridized carbons (Fsp3) is 0.133. The van der Waals surface area contributed by atoms with E-state index in [1.165, 1.54) is 11.5 Å². The van der Waals surface area contributed by atoms with E-state index in [1.807, 2.05) is 36.4 Å². The van der Waals surface area contributed by atoms with Crippen molar-refractivity contribution in [3.05, 3.63) is 57.9 Å². The van der Waals surface area contributed by atoms with Crippen LogP contribution in [0.4, 0.5) is 0 Å². The van der Waals surface area contributed by atoms with Crippen molar-refractivity contribution in [3.63, 3.8) is 0 Å². The first-order valence-electron chi connectivity index (χ1n) is 6.54. The summed E-state index contributed by atoms with van der Waals surface area (Å²) in [6.45, 7) is 0.487. The topological polar surface area (TPSA) is 63.8 Å². The van der Waals surface area contributed by atoms with Crippen molar-refractivity contribution in [1.82, 2.24) is 14.2 Å². The summed E-state index contributed by atoms with van der Waals surface area (Å²) < 4.78 is 10.9. The molecule has 7 heteroatoms. The second-order valence-electron chi connectivity index (χ2n) is 4.60. The van der Waals surface area contributed by atoms with E-state index in [9.17, 15) is 0 Å². The maximum absolute atomic E-state index is 8.00. The molecule has 0 aliphatic carbocycles. The van der Waals surface area contributed by atoms with Crippen molar-refractivity contribution in [3.8, 4) is 17.1 Å². The van der Waals surface area contributed by atoms with Gasteiger partial charge in [0.15, 0.2) is 0 Å². The molecule has 2 aromatic heterocycles. The molecule has 112 valence electrons. The third-order valence-electron chi connectivity index (χ3n) is 3.10. The Morgan fingerprint density at radius 1 is 1.23 bits per heavy atom. The minimum absolute atomic E-state index is 0.338. The first-order valence-corrected chi connectivity index (χ1v) is 7.69. The van der Waals surface area contributed by atoms with Crippen LogP contribution >= 0.6 is 23.1 Å². The highest BCUT2D eigenvalue weighted by molar-refractivity contribution is 7.05. The van der Waals surface area contributed by atoms with Crippen LogP contribution in [0.1, 0.15) is 4.88 Å². The Labute approximate surface area is 136 Å². The van der Waals surface area contributed by atoms with Crippen molar-refractivity contribution >= 4 is 23.1 Å². The normalized spacial score (nSPS) is 10.6. The summed E-state index contributed by atoms with van der Waals surface area (Å²) in [5, 5.41) is 13.2. The van der Waals surface area contributed by atoms with Crippen LogP contribution in [-0.2, 0) is 6.54 Å². The van der Waals surface area contributed by atoms with E-state index in [1.54, 1.807) is 17.9 Å². The Hall–Kier alpha value is -2.18. The number of rotatable bonds is 4. The Morgan fingerprint density at radius 3 is 2.68 bits per heavy atom. The van der Waals surface area contributed by atoms with Gasteiger partial charge in [-0.1, -0.05) is 23.7 Å². The molecule has 2 heterocycles. The molecule has 0 unspecified atom stereocenters. The lowest BCUT2D eigenvalue weighted by Gasteiger charge is -2.07. The van der Waals surface area contributed by atoms with E-state index in [2.05, 4.69) is 9.47 Å². The summed E-state index contributed by atoms with van der Waals surface area (Å²) in [7, 11) is 1.58. The monoisotopic (exact) mass is 332 g/mol. The Bertz CT molecular complexity index is 841. The molecule has 22 heavy (non-hydrogen) atoms. The Kier molecular flexibility index (Phi) is 4.22. The van der Waals surface area contributed by atoms with Gasteiger partial charge in [-0.05, 0) is 35.8 Å². The molecule has 0 aliphatic rings. The average molecular weight is 333 g/mol. The molecule has 0 saturated carbocycles. The van der Waals surface area contributed by atoms with E-state index >= 15 is 0 Å². The number of hydrogen-bond donors (Lipinski definition) is 1. The summed E-state index contributed by atoms with van der Waals surface area (Å²) in [6, 6.07) is 12.9. The maximum atomic E-state index is 8.00. The molecule has 1 aromatic carbocycles. The van der Waals surface area contributed by atoms with Crippen LogP contribution in [0.5, 0.6) is 5.88 Å². The van der Waals surface area contributed by atoms with Gasteiger partial charge < -0.3 is 4.74 Å². The van der Waals surface area contributed by atoms with Crippen molar-refractivity contribution in [1.29, 1.82) is 5.41 Å². The lowest BCUT2D eigenvalue weighted by molar-refractivity contribution is 0.402. The summed E-state index contributed by atoms with van der Waals surface area (Å²) in [5.41, 5.74) is 2.09. The molecule has 1 N–H and O–H groups in total. The molecule has 0 amide bonds. The van der Waals surface area contributed by atoms with Crippen LogP contribution in [-0.4, -0.2) is 21.3 Å². The fourth-order valence-corrected chi connectivity index (χ4v) is 2.76.